The third kappa shape index (κ3) is 4.61. The Kier molecular flexibility index (Phi) is 6.45. The lowest BCUT2D eigenvalue weighted by atomic mass is 10.1. The maximum atomic E-state index is 13.5. The number of fused-ring (bicyclic) bond motifs is 1. The number of nitro groups is 2. The number of anilines is 2. The summed E-state index contributed by atoms with van der Waals surface area (Å²) in [6.07, 6.45) is 0. The number of thiophene rings is 1. The summed E-state index contributed by atoms with van der Waals surface area (Å²) < 4.78 is 0. The number of hydrogen-bond donors (Lipinski definition) is 1. The molecule has 4 aromatic rings. The molecule has 1 N–H and O–H groups in total. The van der Waals surface area contributed by atoms with Gasteiger partial charge < -0.3 is 10.2 Å². The van der Waals surface area contributed by atoms with E-state index in [2.05, 4.69) is 10.3 Å². The summed E-state index contributed by atoms with van der Waals surface area (Å²) in [5.74, 6) is -1.24. The van der Waals surface area contributed by atoms with Crippen molar-refractivity contribution in [3.8, 4) is 0 Å². The van der Waals surface area contributed by atoms with Gasteiger partial charge in [0.1, 0.15) is 9.71 Å². The number of aromatic nitrogens is 1. The first-order chi connectivity index (χ1) is 17.1. The number of pyridine rings is 1. The molecule has 0 unspecified atom stereocenters. The van der Waals surface area contributed by atoms with E-state index in [0.29, 0.717) is 15.9 Å². The Labute approximate surface area is 208 Å². The van der Waals surface area contributed by atoms with E-state index in [4.69, 9.17) is 0 Å². The Morgan fingerprint density at radius 3 is 2.17 bits per heavy atom. The molecule has 0 aliphatic carbocycles. The molecule has 0 aliphatic heterocycles. The molecule has 0 bridgehead atoms. The maximum Gasteiger partial charge on any atom is 0.277 e. The molecule has 0 radical (unpaired) electrons. The van der Waals surface area contributed by atoms with Crippen LogP contribution in [0.4, 0.5) is 22.7 Å². The van der Waals surface area contributed by atoms with E-state index in [9.17, 15) is 29.8 Å². The number of carbonyl (C=O) groups is 2. The van der Waals surface area contributed by atoms with Crippen LogP contribution in [0.1, 0.15) is 31.3 Å². The number of benzene rings is 2. The fourth-order valence-corrected chi connectivity index (χ4v) is 4.98. The molecule has 11 nitrogen and oxygen atoms in total. The van der Waals surface area contributed by atoms with Gasteiger partial charge in [-0.1, -0.05) is 18.2 Å². The first-order valence-electron chi connectivity index (χ1n) is 10.6. The van der Waals surface area contributed by atoms with Gasteiger partial charge in [-0.3, -0.25) is 29.8 Å². The van der Waals surface area contributed by atoms with E-state index >= 15 is 0 Å². The van der Waals surface area contributed by atoms with Crippen LogP contribution in [-0.4, -0.2) is 33.7 Å². The average molecular weight is 506 g/mol. The zero-order valence-corrected chi connectivity index (χ0v) is 20.2. The molecule has 0 atom stereocenters. The van der Waals surface area contributed by atoms with Gasteiger partial charge in [-0.15, -0.1) is 11.3 Å². The molecule has 0 fully saturated rings. The van der Waals surface area contributed by atoms with E-state index in [0.717, 1.165) is 40.8 Å². The van der Waals surface area contributed by atoms with Crippen LogP contribution in [0.3, 0.4) is 0 Å². The lowest BCUT2D eigenvalue weighted by molar-refractivity contribution is -0.394. The summed E-state index contributed by atoms with van der Waals surface area (Å²) in [6, 6.07) is 13.4. The van der Waals surface area contributed by atoms with Gasteiger partial charge in [0.05, 0.1) is 27.2 Å². The number of non-ortho nitro benzene ring substituents is 2. The number of nitro benzene ring substituents is 2. The van der Waals surface area contributed by atoms with Crippen LogP contribution in [0.25, 0.3) is 10.2 Å². The first kappa shape index (κ1) is 24.4. The molecule has 0 spiro atoms. The largest absolute Gasteiger partial charge is 0.320 e. The van der Waals surface area contributed by atoms with Crippen LogP contribution in [0.2, 0.25) is 0 Å². The van der Waals surface area contributed by atoms with Crippen molar-refractivity contribution in [2.75, 3.05) is 17.3 Å². The van der Waals surface area contributed by atoms with Crippen molar-refractivity contribution in [3.05, 3.63) is 96.5 Å². The Bertz CT molecular complexity index is 1520. The monoisotopic (exact) mass is 505 g/mol. The number of nitrogens with zero attached hydrogens (tertiary/aromatic N) is 4. The fraction of sp³-hybridized carbons (Fsp3) is 0.125. The van der Waals surface area contributed by atoms with Crippen LogP contribution >= 0.6 is 11.3 Å². The van der Waals surface area contributed by atoms with Crippen LogP contribution in [0.15, 0.2) is 54.6 Å². The summed E-state index contributed by atoms with van der Waals surface area (Å²) in [6.45, 7) is 3.62. The molecule has 36 heavy (non-hydrogen) atoms. The van der Waals surface area contributed by atoms with Gasteiger partial charge in [-0.2, -0.15) is 0 Å². The van der Waals surface area contributed by atoms with Gasteiger partial charge in [0.25, 0.3) is 23.2 Å². The third-order valence-corrected chi connectivity index (χ3v) is 6.53. The number of nitrogens with one attached hydrogen (secondary N) is 1. The second-order valence-corrected chi connectivity index (χ2v) is 8.97. The summed E-state index contributed by atoms with van der Waals surface area (Å²) in [4.78, 5) is 54.3. The van der Waals surface area contributed by atoms with E-state index < -0.39 is 33.0 Å². The molecule has 4 rings (SSSR count). The molecule has 182 valence electrons. The molecule has 2 amide bonds. The molecule has 2 aromatic heterocycles. The van der Waals surface area contributed by atoms with Gasteiger partial charge in [0.2, 0.25) is 0 Å². The van der Waals surface area contributed by atoms with Crippen molar-refractivity contribution in [2.24, 2.45) is 0 Å². The van der Waals surface area contributed by atoms with E-state index in [-0.39, 0.29) is 16.1 Å². The van der Waals surface area contributed by atoms with Crippen LogP contribution in [0, 0.1) is 34.1 Å². The normalized spacial score (nSPS) is 10.8. The third-order valence-electron chi connectivity index (χ3n) is 5.45. The molecule has 0 saturated carbocycles. The van der Waals surface area contributed by atoms with Gasteiger partial charge in [0.15, 0.2) is 0 Å². The quantitative estimate of drug-likeness (QED) is 0.277. The van der Waals surface area contributed by atoms with Crippen molar-refractivity contribution in [3.63, 3.8) is 0 Å². The average Bonchev–Trinajstić information content (AvgIpc) is 3.21. The summed E-state index contributed by atoms with van der Waals surface area (Å²) >= 11 is 1.10. The molecule has 2 aromatic carbocycles. The van der Waals surface area contributed by atoms with Crippen LogP contribution in [0.5, 0.6) is 0 Å². The van der Waals surface area contributed by atoms with Crippen LogP contribution in [-0.2, 0) is 0 Å². The van der Waals surface area contributed by atoms with Crippen molar-refractivity contribution in [1.82, 2.24) is 4.98 Å². The summed E-state index contributed by atoms with van der Waals surface area (Å²) in [5.41, 5.74) is 0.817. The van der Waals surface area contributed by atoms with Gasteiger partial charge >= 0.3 is 0 Å². The highest BCUT2D eigenvalue weighted by Crippen LogP contribution is 2.39. The number of amides is 2. The van der Waals surface area contributed by atoms with E-state index in [1.54, 1.807) is 37.4 Å². The molecular formula is C24H19N5O6S. The first-order valence-corrected chi connectivity index (χ1v) is 11.4. The number of carbonyl (C=O) groups excluding carboxylic acids is 2. The van der Waals surface area contributed by atoms with Gasteiger partial charge in [-0.25, -0.2) is 4.98 Å². The lowest BCUT2D eigenvalue weighted by Crippen LogP contribution is -2.26. The molecular weight excluding hydrogens is 486 g/mol. The Morgan fingerprint density at radius 1 is 0.972 bits per heavy atom. The maximum absolute atomic E-state index is 13.5. The predicted octanol–water partition coefficient (Wildman–Crippen LogP) is 5.26. The van der Waals surface area contributed by atoms with Crippen molar-refractivity contribution >= 4 is 56.1 Å². The second kappa shape index (κ2) is 9.50. The number of hydrogen-bond acceptors (Lipinski definition) is 8. The fourth-order valence-electron chi connectivity index (χ4n) is 3.76. The highest BCUT2D eigenvalue weighted by molar-refractivity contribution is 7.21. The number of rotatable bonds is 6. The molecule has 0 aliphatic rings. The standard InChI is InChI=1S/C24H19N5O6S/c1-13-9-14(2)25-23-19(13)20(21(36-23)24(31)27(3)16-7-5-4-6-8-16)26-22(30)15-10-17(28(32)33)12-18(11-15)29(34)35/h4-12H,1-3H3,(H,26,30). The summed E-state index contributed by atoms with van der Waals surface area (Å²) in [7, 11) is 1.60. The van der Waals surface area contributed by atoms with Crippen molar-refractivity contribution in [2.45, 2.75) is 13.8 Å². The second-order valence-electron chi connectivity index (χ2n) is 7.97. The molecule has 2 heterocycles. The Morgan fingerprint density at radius 2 is 1.58 bits per heavy atom. The zero-order valence-electron chi connectivity index (χ0n) is 19.3. The Balaban J connectivity index is 1.83. The van der Waals surface area contributed by atoms with Gasteiger partial charge in [-0.05, 0) is 37.6 Å². The van der Waals surface area contributed by atoms with Crippen molar-refractivity contribution < 1.29 is 19.4 Å². The number of aryl methyl sites for hydroxylation is 2. The smallest absolute Gasteiger partial charge is 0.277 e. The minimum absolute atomic E-state index is 0.187. The van der Waals surface area contributed by atoms with Crippen molar-refractivity contribution in [1.29, 1.82) is 0 Å². The molecule has 12 heteroatoms. The molecule has 0 saturated heterocycles. The minimum atomic E-state index is -0.835. The minimum Gasteiger partial charge on any atom is -0.320 e. The topological polar surface area (TPSA) is 149 Å². The zero-order chi connectivity index (χ0) is 26.1. The Hall–Kier alpha value is -4.71. The SMILES string of the molecule is Cc1cc(C)c2c(NC(=O)c3cc([N+](=O)[O-])cc([N+](=O)[O-])c3)c(C(=O)N(C)c3ccccc3)sc2n1. The number of para-hydroxylation sites is 1. The highest BCUT2D eigenvalue weighted by atomic mass is 32.1. The highest BCUT2D eigenvalue weighted by Gasteiger charge is 2.27. The summed E-state index contributed by atoms with van der Waals surface area (Å²) in [5, 5.41) is 25.7. The van der Waals surface area contributed by atoms with E-state index in [1.165, 1.54) is 4.90 Å². The van der Waals surface area contributed by atoms with E-state index in [1.807, 2.05) is 19.9 Å². The predicted molar refractivity (Wildman–Crippen MR) is 136 cm³/mol. The van der Waals surface area contributed by atoms with Crippen LogP contribution < -0.4 is 10.2 Å². The lowest BCUT2D eigenvalue weighted by Gasteiger charge is -2.17. The van der Waals surface area contributed by atoms with Gasteiger partial charge in [0, 0.05) is 35.9 Å².